The summed E-state index contributed by atoms with van der Waals surface area (Å²) in [4.78, 5) is 10.2. The van der Waals surface area contributed by atoms with Gasteiger partial charge in [0, 0.05) is 31.0 Å². The van der Waals surface area contributed by atoms with Crippen LogP contribution in [0.5, 0.6) is 0 Å². The van der Waals surface area contributed by atoms with Crippen molar-refractivity contribution in [1.29, 1.82) is 0 Å². The van der Waals surface area contributed by atoms with Gasteiger partial charge in [-0.15, -0.1) is 0 Å². The lowest BCUT2D eigenvalue weighted by Gasteiger charge is -2.10. The predicted octanol–water partition coefficient (Wildman–Crippen LogP) is 3.13. The highest BCUT2D eigenvalue weighted by Crippen LogP contribution is 2.20. The number of hydrogen-bond donors (Lipinski definition) is 1. The minimum Gasteiger partial charge on any atom is -0.385 e. The summed E-state index contributed by atoms with van der Waals surface area (Å²) >= 11 is 0. The summed E-state index contributed by atoms with van der Waals surface area (Å²) in [5.41, 5.74) is 1.94. The third-order valence-corrected chi connectivity index (χ3v) is 2.51. The average Bonchev–Trinajstić information content (AvgIpc) is 2.29. The average molecular weight is 252 g/mol. The molecule has 0 fully saturated rings. The van der Waals surface area contributed by atoms with Gasteiger partial charge in [-0.3, -0.25) is 10.1 Å². The number of nitro groups is 1. The van der Waals surface area contributed by atoms with E-state index in [2.05, 4.69) is 5.32 Å². The normalized spacial score (nSPS) is 10.7. The van der Waals surface area contributed by atoms with Crippen LogP contribution in [0, 0.1) is 17.0 Å². The molecule has 0 heterocycles. The number of ether oxygens (including phenoxy) is 1. The third-order valence-electron chi connectivity index (χ3n) is 2.51. The zero-order valence-corrected chi connectivity index (χ0v) is 11.1. The molecule has 0 saturated carbocycles. The van der Waals surface area contributed by atoms with Gasteiger partial charge in [0.25, 0.3) is 5.69 Å². The third kappa shape index (κ3) is 4.71. The van der Waals surface area contributed by atoms with Crippen molar-refractivity contribution < 1.29 is 9.66 Å². The summed E-state index contributed by atoms with van der Waals surface area (Å²) in [6.07, 6.45) is 1.17. The maximum Gasteiger partial charge on any atom is 0.269 e. The molecule has 18 heavy (non-hydrogen) atoms. The van der Waals surface area contributed by atoms with Crippen LogP contribution >= 0.6 is 0 Å². The number of anilines is 1. The van der Waals surface area contributed by atoms with Gasteiger partial charge in [0.05, 0.1) is 11.0 Å². The number of nitrogens with one attached hydrogen (secondary N) is 1. The Morgan fingerprint density at radius 2 is 2.17 bits per heavy atom. The molecule has 0 aliphatic rings. The summed E-state index contributed by atoms with van der Waals surface area (Å²) in [6.45, 7) is 7.39. The van der Waals surface area contributed by atoms with Crippen LogP contribution in [0.3, 0.4) is 0 Å². The van der Waals surface area contributed by atoms with E-state index < -0.39 is 0 Å². The molecule has 1 N–H and O–H groups in total. The Kier molecular flexibility index (Phi) is 5.58. The highest BCUT2D eigenvalue weighted by Gasteiger charge is 2.07. The molecule has 0 atom stereocenters. The van der Waals surface area contributed by atoms with Gasteiger partial charge in [-0.2, -0.15) is 0 Å². The van der Waals surface area contributed by atoms with E-state index in [1.807, 2.05) is 20.8 Å². The second-order valence-corrected chi connectivity index (χ2v) is 4.46. The monoisotopic (exact) mass is 252 g/mol. The molecule has 0 aliphatic heterocycles. The number of hydrogen-bond acceptors (Lipinski definition) is 4. The number of rotatable bonds is 7. The minimum atomic E-state index is -0.382. The highest BCUT2D eigenvalue weighted by atomic mass is 16.6. The van der Waals surface area contributed by atoms with Crippen molar-refractivity contribution in [3.8, 4) is 0 Å². The van der Waals surface area contributed by atoms with E-state index >= 15 is 0 Å². The van der Waals surface area contributed by atoms with Crippen LogP contribution in [0.1, 0.15) is 25.8 Å². The van der Waals surface area contributed by atoms with Crippen molar-refractivity contribution in [2.24, 2.45) is 0 Å². The van der Waals surface area contributed by atoms with Crippen molar-refractivity contribution in [1.82, 2.24) is 0 Å². The number of non-ortho nitro benzene ring substituents is 1. The van der Waals surface area contributed by atoms with Gasteiger partial charge in [0.2, 0.25) is 0 Å². The molecule has 0 saturated heterocycles. The lowest BCUT2D eigenvalue weighted by Crippen LogP contribution is -2.09. The van der Waals surface area contributed by atoms with Gasteiger partial charge in [0.15, 0.2) is 0 Å². The van der Waals surface area contributed by atoms with Gasteiger partial charge in [-0.05, 0) is 38.8 Å². The van der Waals surface area contributed by atoms with Crippen molar-refractivity contribution in [2.75, 3.05) is 18.5 Å². The smallest absolute Gasteiger partial charge is 0.269 e. The Balaban J connectivity index is 2.41. The van der Waals surface area contributed by atoms with E-state index in [1.54, 1.807) is 12.1 Å². The quantitative estimate of drug-likeness (QED) is 0.460. The van der Waals surface area contributed by atoms with Crippen LogP contribution in [0.4, 0.5) is 11.4 Å². The standard InChI is InChI=1S/C13H20N2O3/c1-10(2)18-8-4-7-14-13-6-5-12(15(16)17)9-11(13)3/h5-6,9-10,14H,4,7-8H2,1-3H3. The maximum atomic E-state index is 10.6. The fourth-order valence-electron chi connectivity index (χ4n) is 1.57. The Morgan fingerprint density at radius 1 is 1.44 bits per heavy atom. The maximum absolute atomic E-state index is 10.6. The van der Waals surface area contributed by atoms with Crippen LogP contribution < -0.4 is 5.32 Å². The van der Waals surface area contributed by atoms with Crippen LogP contribution in [-0.2, 0) is 4.74 Å². The van der Waals surface area contributed by atoms with Gasteiger partial charge < -0.3 is 10.1 Å². The van der Waals surface area contributed by atoms with Crippen molar-refractivity contribution in [3.63, 3.8) is 0 Å². The van der Waals surface area contributed by atoms with Crippen LogP contribution in [0.15, 0.2) is 18.2 Å². The summed E-state index contributed by atoms with van der Waals surface area (Å²) in [5, 5.41) is 13.8. The number of nitrogens with zero attached hydrogens (tertiary/aromatic N) is 1. The first kappa shape index (κ1) is 14.4. The van der Waals surface area contributed by atoms with Gasteiger partial charge in [-0.25, -0.2) is 0 Å². The lowest BCUT2D eigenvalue weighted by molar-refractivity contribution is -0.384. The van der Waals surface area contributed by atoms with Crippen LogP contribution in [0.25, 0.3) is 0 Å². The molecule has 5 heteroatoms. The number of benzene rings is 1. The molecule has 5 nitrogen and oxygen atoms in total. The highest BCUT2D eigenvalue weighted by molar-refractivity contribution is 5.55. The van der Waals surface area contributed by atoms with Crippen molar-refractivity contribution in [3.05, 3.63) is 33.9 Å². The zero-order chi connectivity index (χ0) is 13.5. The molecule has 0 aromatic heterocycles. The Morgan fingerprint density at radius 3 is 2.72 bits per heavy atom. The Hall–Kier alpha value is -1.62. The second kappa shape index (κ2) is 6.96. The summed E-state index contributed by atoms with van der Waals surface area (Å²) in [7, 11) is 0. The molecule has 0 aliphatic carbocycles. The van der Waals surface area contributed by atoms with E-state index in [1.165, 1.54) is 6.07 Å². The van der Waals surface area contributed by atoms with Crippen LogP contribution in [0.2, 0.25) is 0 Å². The SMILES string of the molecule is Cc1cc([N+](=O)[O-])ccc1NCCCOC(C)C. The number of aryl methyl sites for hydroxylation is 1. The van der Waals surface area contributed by atoms with Crippen LogP contribution in [-0.4, -0.2) is 24.2 Å². The molecule has 1 aromatic carbocycles. The first-order valence-corrected chi connectivity index (χ1v) is 6.11. The van der Waals surface area contributed by atoms with E-state index in [0.717, 1.165) is 30.8 Å². The first-order valence-electron chi connectivity index (χ1n) is 6.11. The molecule has 1 aromatic rings. The van der Waals surface area contributed by atoms with Gasteiger partial charge >= 0.3 is 0 Å². The van der Waals surface area contributed by atoms with Gasteiger partial charge in [-0.1, -0.05) is 0 Å². The Bertz CT molecular complexity index is 405. The minimum absolute atomic E-state index is 0.126. The van der Waals surface area contributed by atoms with E-state index in [4.69, 9.17) is 4.74 Å². The molecule has 100 valence electrons. The molecule has 0 radical (unpaired) electrons. The van der Waals surface area contributed by atoms with E-state index in [-0.39, 0.29) is 16.7 Å². The summed E-state index contributed by atoms with van der Waals surface area (Å²) in [5.74, 6) is 0. The fourth-order valence-corrected chi connectivity index (χ4v) is 1.57. The first-order chi connectivity index (χ1) is 8.50. The molecule has 0 spiro atoms. The van der Waals surface area contributed by atoms with E-state index in [9.17, 15) is 10.1 Å². The van der Waals surface area contributed by atoms with Gasteiger partial charge in [0.1, 0.15) is 0 Å². The topological polar surface area (TPSA) is 64.4 Å². The largest absolute Gasteiger partial charge is 0.385 e. The molecule has 0 bridgehead atoms. The van der Waals surface area contributed by atoms with Crippen molar-refractivity contribution in [2.45, 2.75) is 33.3 Å². The summed E-state index contributed by atoms with van der Waals surface area (Å²) < 4.78 is 5.43. The molecular weight excluding hydrogens is 232 g/mol. The Labute approximate surface area is 107 Å². The molecule has 1 rings (SSSR count). The molecule has 0 amide bonds. The molecular formula is C13H20N2O3. The summed E-state index contributed by atoms with van der Waals surface area (Å²) in [6, 6.07) is 4.84. The molecule has 0 unspecified atom stereocenters. The number of nitro benzene ring substituents is 1. The zero-order valence-electron chi connectivity index (χ0n) is 11.1. The van der Waals surface area contributed by atoms with Crippen molar-refractivity contribution >= 4 is 11.4 Å². The fraction of sp³-hybridized carbons (Fsp3) is 0.538. The van der Waals surface area contributed by atoms with E-state index in [0.29, 0.717) is 0 Å². The lowest BCUT2D eigenvalue weighted by atomic mass is 10.2. The second-order valence-electron chi connectivity index (χ2n) is 4.46. The predicted molar refractivity (Wildman–Crippen MR) is 72.0 cm³/mol.